The lowest BCUT2D eigenvalue weighted by Gasteiger charge is -2.26. The number of para-hydroxylation sites is 1. The van der Waals surface area contributed by atoms with Crippen LogP contribution in [0.3, 0.4) is 0 Å². The Morgan fingerprint density at radius 2 is 2.10 bits per heavy atom. The fourth-order valence-corrected chi connectivity index (χ4v) is 4.35. The number of fused-ring (bicyclic) bond motifs is 2. The second-order valence-electron chi connectivity index (χ2n) is 6.55. The zero-order chi connectivity index (χ0) is 13.9. The van der Waals surface area contributed by atoms with Crippen molar-refractivity contribution in [2.24, 2.45) is 17.8 Å². The predicted molar refractivity (Wildman–Crippen MR) is 83.0 cm³/mol. The van der Waals surface area contributed by atoms with Crippen LogP contribution < -0.4 is 10.1 Å². The second kappa shape index (κ2) is 6.17. The molecule has 2 fully saturated rings. The van der Waals surface area contributed by atoms with Gasteiger partial charge in [0.1, 0.15) is 5.75 Å². The van der Waals surface area contributed by atoms with Gasteiger partial charge in [-0.05, 0) is 56.0 Å². The van der Waals surface area contributed by atoms with E-state index in [0.717, 1.165) is 29.9 Å². The molecule has 0 spiro atoms. The van der Waals surface area contributed by atoms with Gasteiger partial charge in [-0.15, -0.1) is 0 Å². The summed E-state index contributed by atoms with van der Waals surface area (Å²) in [6.07, 6.45) is 7.03. The van der Waals surface area contributed by atoms with E-state index >= 15 is 0 Å². The molecule has 20 heavy (non-hydrogen) atoms. The quantitative estimate of drug-likeness (QED) is 0.840. The first-order valence-electron chi connectivity index (χ1n) is 8.18. The average Bonchev–Trinajstić information content (AvgIpc) is 3.11. The van der Waals surface area contributed by atoms with Crippen LogP contribution in [0.5, 0.6) is 5.75 Å². The second-order valence-corrected chi connectivity index (χ2v) is 6.55. The molecule has 2 aliphatic carbocycles. The third-order valence-corrected chi connectivity index (χ3v) is 5.43. The highest BCUT2D eigenvalue weighted by atomic mass is 16.5. The average molecular weight is 273 g/mol. The molecule has 1 aromatic carbocycles. The van der Waals surface area contributed by atoms with Crippen molar-refractivity contribution in [1.29, 1.82) is 0 Å². The molecule has 1 N–H and O–H groups in total. The summed E-state index contributed by atoms with van der Waals surface area (Å²) in [6, 6.07) is 8.84. The third-order valence-electron chi connectivity index (χ3n) is 5.43. The van der Waals surface area contributed by atoms with Crippen molar-refractivity contribution in [2.45, 2.75) is 45.1 Å². The largest absolute Gasteiger partial charge is 0.496 e. The smallest absolute Gasteiger partial charge is 0.123 e. The van der Waals surface area contributed by atoms with E-state index in [2.05, 4.69) is 30.4 Å². The predicted octanol–water partition coefficient (Wildman–Crippen LogP) is 4.17. The van der Waals surface area contributed by atoms with Gasteiger partial charge in [-0.1, -0.05) is 31.5 Å². The summed E-state index contributed by atoms with van der Waals surface area (Å²) in [5.41, 5.74) is 1.31. The van der Waals surface area contributed by atoms with Crippen LogP contribution >= 0.6 is 0 Å². The van der Waals surface area contributed by atoms with Crippen LogP contribution in [0.2, 0.25) is 0 Å². The molecule has 0 aliphatic heterocycles. The van der Waals surface area contributed by atoms with E-state index in [9.17, 15) is 0 Å². The van der Waals surface area contributed by atoms with Gasteiger partial charge in [-0.3, -0.25) is 0 Å². The Hall–Kier alpha value is -1.02. The highest BCUT2D eigenvalue weighted by molar-refractivity contribution is 5.35. The van der Waals surface area contributed by atoms with Gasteiger partial charge in [-0.25, -0.2) is 0 Å². The van der Waals surface area contributed by atoms with E-state index in [-0.39, 0.29) is 0 Å². The van der Waals surface area contributed by atoms with Gasteiger partial charge in [0.15, 0.2) is 0 Å². The molecule has 2 saturated carbocycles. The first-order valence-corrected chi connectivity index (χ1v) is 8.18. The number of hydrogen-bond acceptors (Lipinski definition) is 2. The summed E-state index contributed by atoms with van der Waals surface area (Å²) in [6.45, 7) is 3.43. The molecule has 2 heteroatoms. The first-order chi connectivity index (χ1) is 9.81. The molecule has 110 valence electrons. The lowest BCUT2D eigenvalue weighted by atomic mass is 9.88. The van der Waals surface area contributed by atoms with Crippen molar-refractivity contribution >= 4 is 0 Å². The van der Waals surface area contributed by atoms with E-state index in [1.54, 1.807) is 7.11 Å². The molecule has 0 heterocycles. The van der Waals surface area contributed by atoms with Crippen LogP contribution in [0.4, 0.5) is 0 Å². The van der Waals surface area contributed by atoms with Crippen LogP contribution in [0, 0.1) is 17.8 Å². The monoisotopic (exact) mass is 273 g/mol. The number of hydrogen-bond donors (Lipinski definition) is 1. The summed E-state index contributed by atoms with van der Waals surface area (Å²) >= 11 is 0. The molecule has 2 nitrogen and oxygen atoms in total. The zero-order valence-electron chi connectivity index (χ0n) is 12.8. The van der Waals surface area contributed by atoms with Crippen LogP contribution in [0.25, 0.3) is 0 Å². The van der Waals surface area contributed by atoms with Crippen molar-refractivity contribution < 1.29 is 4.74 Å². The zero-order valence-corrected chi connectivity index (χ0v) is 12.8. The van der Waals surface area contributed by atoms with Crippen LogP contribution in [-0.4, -0.2) is 13.7 Å². The van der Waals surface area contributed by atoms with Gasteiger partial charge in [0.25, 0.3) is 0 Å². The standard InChI is InChI=1S/C18H27NO/c1-3-17(16-6-4-5-7-18(16)20-2)19-12-15-11-13-8-9-14(15)10-13/h4-7,13-15,17,19H,3,8-12H2,1-2H3. The summed E-state index contributed by atoms with van der Waals surface area (Å²) in [7, 11) is 1.77. The number of nitrogens with one attached hydrogen (secondary N) is 1. The molecular formula is C18H27NO. The molecule has 0 amide bonds. The Morgan fingerprint density at radius 1 is 1.25 bits per heavy atom. The molecule has 2 bridgehead atoms. The van der Waals surface area contributed by atoms with Gasteiger partial charge in [0.2, 0.25) is 0 Å². The topological polar surface area (TPSA) is 21.3 Å². The minimum absolute atomic E-state index is 0.422. The maximum absolute atomic E-state index is 5.51. The number of benzene rings is 1. The van der Waals surface area contributed by atoms with Gasteiger partial charge in [-0.2, -0.15) is 0 Å². The first kappa shape index (κ1) is 13.9. The Labute approximate surface area is 122 Å². The van der Waals surface area contributed by atoms with E-state index in [1.165, 1.54) is 37.8 Å². The minimum Gasteiger partial charge on any atom is -0.496 e. The number of rotatable bonds is 6. The Bertz CT molecular complexity index is 445. The lowest BCUT2D eigenvalue weighted by molar-refractivity contribution is 0.302. The summed E-state index contributed by atoms with van der Waals surface area (Å²) < 4.78 is 5.51. The van der Waals surface area contributed by atoms with Gasteiger partial charge in [0.05, 0.1) is 7.11 Å². The van der Waals surface area contributed by atoms with Crippen molar-refractivity contribution in [1.82, 2.24) is 5.32 Å². The highest BCUT2D eigenvalue weighted by Crippen LogP contribution is 2.48. The summed E-state index contributed by atoms with van der Waals surface area (Å²) in [5, 5.41) is 3.81. The fourth-order valence-electron chi connectivity index (χ4n) is 4.35. The van der Waals surface area contributed by atoms with Crippen LogP contribution in [0.1, 0.15) is 50.6 Å². The molecule has 4 atom stereocenters. The number of ether oxygens (including phenoxy) is 1. The van der Waals surface area contributed by atoms with Crippen molar-refractivity contribution in [3.8, 4) is 5.75 Å². The van der Waals surface area contributed by atoms with E-state index in [1.807, 2.05) is 6.07 Å². The summed E-state index contributed by atoms with van der Waals surface area (Å²) in [5.74, 6) is 3.97. The Morgan fingerprint density at radius 3 is 2.75 bits per heavy atom. The molecule has 0 radical (unpaired) electrons. The molecule has 0 saturated heterocycles. The fraction of sp³-hybridized carbons (Fsp3) is 0.667. The van der Waals surface area contributed by atoms with Crippen molar-refractivity contribution in [3.05, 3.63) is 29.8 Å². The lowest BCUT2D eigenvalue weighted by Crippen LogP contribution is -2.30. The molecule has 0 aromatic heterocycles. The molecule has 1 aromatic rings. The minimum atomic E-state index is 0.422. The van der Waals surface area contributed by atoms with Gasteiger partial charge >= 0.3 is 0 Å². The highest BCUT2D eigenvalue weighted by Gasteiger charge is 2.39. The van der Waals surface area contributed by atoms with Crippen molar-refractivity contribution in [2.75, 3.05) is 13.7 Å². The van der Waals surface area contributed by atoms with E-state index in [0.29, 0.717) is 6.04 Å². The van der Waals surface area contributed by atoms with Gasteiger partial charge < -0.3 is 10.1 Å². The van der Waals surface area contributed by atoms with E-state index < -0.39 is 0 Å². The van der Waals surface area contributed by atoms with E-state index in [4.69, 9.17) is 4.74 Å². The molecular weight excluding hydrogens is 246 g/mol. The summed E-state index contributed by atoms with van der Waals surface area (Å²) in [4.78, 5) is 0. The van der Waals surface area contributed by atoms with Crippen LogP contribution in [-0.2, 0) is 0 Å². The van der Waals surface area contributed by atoms with Crippen molar-refractivity contribution in [3.63, 3.8) is 0 Å². The molecule has 3 rings (SSSR count). The SMILES string of the molecule is CCC(NCC1CC2CCC1C2)c1ccccc1OC. The Kier molecular flexibility index (Phi) is 4.30. The molecule has 4 unspecified atom stereocenters. The number of methoxy groups -OCH3 is 1. The van der Waals surface area contributed by atoms with Crippen LogP contribution in [0.15, 0.2) is 24.3 Å². The Balaban J connectivity index is 1.62. The maximum atomic E-state index is 5.51. The molecule has 2 aliphatic rings. The normalized spacial score (nSPS) is 29.6. The third kappa shape index (κ3) is 2.71. The maximum Gasteiger partial charge on any atom is 0.123 e. The van der Waals surface area contributed by atoms with Gasteiger partial charge in [0, 0.05) is 11.6 Å².